The highest BCUT2D eigenvalue weighted by Crippen LogP contribution is 2.24. The van der Waals surface area contributed by atoms with E-state index in [0.29, 0.717) is 0 Å². The molecule has 0 saturated heterocycles. The van der Waals surface area contributed by atoms with Crippen molar-refractivity contribution in [2.45, 2.75) is 46.0 Å². The summed E-state index contributed by atoms with van der Waals surface area (Å²) in [6.07, 6.45) is 6.05. The Morgan fingerprint density at radius 1 is 1.20 bits per heavy atom. The molecule has 0 saturated carbocycles. The first-order valence-electron chi connectivity index (χ1n) is 5.92. The fourth-order valence-corrected chi connectivity index (χ4v) is 1.90. The van der Waals surface area contributed by atoms with E-state index in [4.69, 9.17) is 0 Å². The van der Waals surface area contributed by atoms with Gasteiger partial charge in [0.05, 0.1) is 0 Å². The fraction of sp³-hybridized carbons (Fsp3) is 0.467. The monoisotopic (exact) mass is 202 g/mol. The lowest BCUT2D eigenvalue weighted by Gasteiger charge is -2.14. The van der Waals surface area contributed by atoms with Crippen LogP contribution in [0.5, 0.6) is 0 Å². The molecule has 1 aromatic rings. The van der Waals surface area contributed by atoms with E-state index in [9.17, 15) is 0 Å². The summed E-state index contributed by atoms with van der Waals surface area (Å²) in [6.45, 7) is 6.62. The molecule has 1 aromatic carbocycles. The molecular formula is C15H22. The minimum absolute atomic E-state index is 0.724. The van der Waals surface area contributed by atoms with Crippen LogP contribution in [0, 0.1) is 0 Å². The van der Waals surface area contributed by atoms with E-state index in [2.05, 4.69) is 57.2 Å². The van der Waals surface area contributed by atoms with Crippen molar-refractivity contribution in [1.82, 2.24) is 0 Å². The van der Waals surface area contributed by atoms with Crippen LogP contribution >= 0.6 is 0 Å². The van der Waals surface area contributed by atoms with Crippen LogP contribution in [0.25, 0.3) is 0 Å². The number of allylic oxidation sites excluding steroid dienone is 2. The van der Waals surface area contributed by atoms with Gasteiger partial charge in [-0.3, -0.25) is 0 Å². The number of benzene rings is 1. The van der Waals surface area contributed by atoms with Gasteiger partial charge < -0.3 is 0 Å². The van der Waals surface area contributed by atoms with E-state index in [1.807, 2.05) is 0 Å². The maximum absolute atomic E-state index is 2.34. The first-order valence-corrected chi connectivity index (χ1v) is 5.92. The molecule has 15 heavy (non-hydrogen) atoms. The van der Waals surface area contributed by atoms with Crippen molar-refractivity contribution in [1.29, 1.82) is 0 Å². The Labute approximate surface area is 94.0 Å². The minimum Gasteiger partial charge on any atom is -0.0859 e. The van der Waals surface area contributed by atoms with Crippen LogP contribution in [-0.4, -0.2) is 0 Å². The molecule has 0 fully saturated rings. The summed E-state index contributed by atoms with van der Waals surface area (Å²) in [5.74, 6) is 0.724. The average Bonchev–Trinajstić information content (AvgIpc) is 2.25. The van der Waals surface area contributed by atoms with Crippen molar-refractivity contribution < 1.29 is 0 Å². The van der Waals surface area contributed by atoms with Gasteiger partial charge in [0.2, 0.25) is 0 Å². The summed E-state index contributed by atoms with van der Waals surface area (Å²) >= 11 is 0. The molecule has 0 heteroatoms. The summed E-state index contributed by atoms with van der Waals surface area (Å²) in [7, 11) is 0. The van der Waals surface area contributed by atoms with Gasteiger partial charge in [0.25, 0.3) is 0 Å². The zero-order valence-electron chi connectivity index (χ0n) is 10.2. The summed E-state index contributed by atoms with van der Waals surface area (Å²) in [5, 5.41) is 0. The molecule has 0 heterocycles. The van der Waals surface area contributed by atoms with Gasteiger partial charge in [-0.1, -0.05) is 48.9 Å². The van der Waals surface area contributed by atoms with E-state index in [-0.39, 0.29) is 0 Å². The molecule has 0 aliphatic carbocycles. The van der Waals surface area contributed by atoms with Gasteiger partial charge in [-0.15, -0.1) is 0 Å². The number of rotatable bonds is 5. The zero-order valence-corrected chi connectivity index (χ0v) is 10.2. The SMILES string of the molecule is CCC(CCC=C(C)C)c1ccccc1. The van der Waals surface area contributed by atoms with E-state index < -0.39 is 0 Å². The minimum atomic E-state index is 0.724. The highest BCUT2D eigenvalue weighted by Gasteiger charge is 2.06. The third kappa shape index (κ3) is 4.33. The molecule has 82 valence electrons. The largest absolute Gasteiger partial charge is 0.0859 e. The van der Waals surface area contributed by atoms with E-state index in [1.54, 1.807) is 0 Å². The summed E-state index contributed by atoms with van der Waals surface area (Å²) in [4.78, 5) is 0. The van der Waals surface area contributed by atoms with Crippen molar-refractivity contribution in [3.05, 3.63) is 47.5 Å². The molecule has 1 atom stereocenters. The van der Waals surface area contributed by atoms with E-state index in [1.165, 1.54) is 30.4 Å². The zero-order chi connectivity index (χ0) is 11.1. The summed E-state index contributed by atoms with van der Waals surface area (Å²) < 4.78 is 0. The predicted molar refractivity (Wildman–Crippen MR) is 68.1 cm³/mol. The average molecular weight is 202 g/mol. The first-order chi connectivity index (χ1) is 7.24. The molecule has 0 radical (unpaired) electrons. The molecule has 0 nitrogen and oxygen atoms in total. The molecule has 0 aromatic heterocycles. The van der Waals surface area contributed by atoms with Gasteiger partial charge in [-0.25, -0.2) is 0 Å². The second-order valence-corrected chi connectivity index (χ2v) is 4.37. The van der Waals surface area contributed by atoms with Crippen molar-refractivity contribution >= 4 is 0 Å². The van der Waals surface area contributed by atoms with Crippen LogP contribution in [-0.2, 0) is 0 Å². The smallest absolute Gasteiger partial charge is 0.0162 e. The van der Waals surface area contributed by atoms with Crippen LogP contribution in [0.2, 0.25) is 0 Å². The summed E-state index contributed by atoms with van der Waals surface area (Å²) in [5.41, 5.74) is 2.92. The second-order valence-electron chi connectivity index (χ2n) is 4.37. The van der Waals surface area contributed by atoms with Gasteiger partial charge >= 0.3 is 0 Å². The van der Waals surface area contributed by atoms with Crippen LogP contribution in [0.4, 0.5) is 0 Å². The van der Waals surface area contributed by atoms with Crippen LogP contribution in [0.1, 0.15) is 51.5 Å². The second kappa shape index (κ2) is 6.44. The van der Waals surface area contributed by atoms with Gasteiger partial charge in [0.1, 0.15) is 0 Å². The molecule has 0 N–H and O–H groups in total. The molecule has 0 amide bonds. The maximum Gasteiger partial charge on any atom is -0.0162 e. The highest BCUT2D eigenvalue weighted by atomic mass is 14.1. The van der Waals surface area contributed by atoms with Crippen LogP contribution in [0.15, 0.2) is 42.0 Å². The van der Waals surface area contributed by atoms with Crippen molar-refractivity contribution in [2.75, 3.05) is 0 Å². The predicted octanol–water partition coefficient (Wildman–Crippen LogP) is 4.93. The molecule has 0 spiro atoms. The maximum atomic E-state index is 2.34. The standard InChI is InChI=1S/C15H22/c1-4-14(12-8-9-13(2)3)15-10-6-5-7-11-15/h5-7,9-11,14H,4,8,12H2,1-3H3. The lowest BCUT2D eigenvalue weighted by atomic mass is 9.92. The van der Waals surface area contributed by atoms with Gasteiger partial charge in [-0.2, -0.15) is 0 Å². The van der Waals surface area contributed by atoms with Crippen molar-refractivity contribution in [2.24, 2.45) is 0 Å². The quantitative estimate of drug-likeness (QED) is 0.594. The van der Waals surface area contributed by atoms with Crippen LogP contribution in [0.3, 0.4) is 0 Å². The van der Waals surface area contributed by atoms with E-state index >= 15 is 0 Å². The highest BCUT2D eigenvalue weighted by molar-refractivity contribution is 5.19. The van der Waals surface area contributed by atoms with Gasteiger partial charge in [-0.05, 0) is 44.6 Å². The lowest BCUT2D eigenvalue weighted by molar-refractivity contribution is 0.612. The van der Waals surface area contributed by atoms with E-state index in [0.717, 1.165) is 5.92 Å². The normalized spacial score (nSPS) is 12.2. The van der Waals surface area contributed by atoms with Gasteiger partial charge in [0.15, 0.2) is 0 Å². The third-order valence-electron chi connectivity index (χ3n) is 2.83. The van der Waals surface area contributed by atoms with Crippen LogP contribution < -0.4 is 0 Å². The lowest BCUT2D eigenvalue weighted by Crippen LogP contribution is -1.96. The molecule has 1 unspecified atom stereocenters. The Morgan fingerprint density at radius 3 is 2.40 bits per heavy atom. The number of hydrogen-bond donors (Lipinski definition) is 0. The Bertz CT molecular complexity index is 291. The van der Waals surface area contributed by atoms with Crippen molar-refractivity contribution in [3.8, 4) is 0 Å². The number of hydrogen-bond acceptors (Lipinski definition) is 0. The molecule has 1 rings (SSSR count). The fourth-order valence-electron chi connectivity index (χ4n) is 1.90. The topological polar surface area (TPSA) is 0 Å². The van der Waals surface area contributed by atoms with Gasteiger partial charge in [0, 0.05) is 0 Å². The third-order valence-corrected chi connectivity index (χ3v) is 2.83. The Morgan fingerprint density at radius 2 is 1.87 bits per heavy atom. The Hall–Kier alpha value is -1.04. The molecule has 0 bridgehead atoms. The van der Waals surface area contributed by atoms with Crippen molar-refractivity contribution in [3.63, 3.8) is 0 Å². The molecular weight excluding hydrogens is 180 g/mol. The first kappa shape index (κ1) is 12.0. The molecule has 0 aliphatic heterocycles. The summed E-state index contributed by atoms with van der Waals surface area (Å²) in [6, 6.07) is 10.9. The molecule has 0 aliphatic rings. The Kier molecular flexibility index (Phi) is 5.17. The Balaban J connectivity index is 2.54.